The Morgan fingerprint density at radius 1 is 1.12 bits per heavy atom. The van der Waals surface area contributed by atoms with Crippen molar-refractivity contribution < 1.29 is 18.4 Å². The van der Waals surface area contributed by atoms with Gasteiger partial charge in [0.1, 0.15) is 17.3 Å². The highest BCUT2D eigenvalue weighted by Gasteiger charge is 2.19. The average molecular weight is 361 g/mol. The van der Waals surface area contributed by atoms with Crippen molar-refractivity contribution in [2.24, 2.45) is 0 Å². The molecule has 0 aliphatic carbocycles. The maximum Gasteiger partial charge on any atom is 0.274 e. The second-order valence-electron chi connectivity index (χ2n) is 5.87. The van der Waals surface area contributed by atoms with E-state index in [-0.39, 0.29) is 11.4 Å². The maximum atomic E-state index is 13.3. The summed E-state index contributed by atoms with van der Waals surface area (Å²) in [5.74, 6) is -1.59. The molecule has 7 nitrogen and oxygen atoms in total. The summed E-state index contributed by atoms with van der Waals surface area (Å²) in [6.45, 7) is 4.00. The van der Waals surface area contributed by atoms with Crippen LogP contribution in [0.5, 0.6) is 0 Å². The van der Waals surface area contributed by atoms with Crippen LogP contribution in [0, 0.1) is 18.6 Å². The topological polar surface area (TPSA) is 78.4 Å². The Kier molecular flexibility index (Phi) is 5.06. The van der Waals surface area contributed by atoms with E-state index in [9.17, 15) is 18.4 Å². The lowest BCUT2D eigenvalue weighted by atomic mass is 10.2. The van der Waals surface area contributed by atoms with Crippen LogP contribution >= 0.6 is 0 Å². The molecular formula is C17H17F2N5O2. The molecule has 1 aliphatic rings. The third-order valence-electron chi connectivity index (χ3n) is 4.02. The van der Waals surface area contributed by atoms with E-state index in [0.29, 0.717) is 37.8 Å². The Labute approximate surface area is 148 Å². The Bertz CT molecular complexity index is 838. The minimum Gasteiger partial charge on any atom is -0.353 e. The van der Waals surface area contributed by atoms with Gasteiger partial charge in [-0.15, -0.1) is 0 Å². The lowest BCUT2D eigenvalue weighted by molar-refractivity contribution is -0.118. The fourth-order valence-electron chi connectivity index (χ4n) is 2.66. The van der Waals surface area contributed by atoms with E-state index in [0.717, 1.165) is 18.5 Å². The Balaban J connectivity index is 1.77. The first-order valence-electron chi connectivity index (χ1n) is 8.02. The zero-order valence-electron chi connectivity index (χ0n) is 14.1. The van der Waals surface area contributed by atoms with Gasteiger partial charge in [-0.1, -0.05) is 0 Å². The number of amides is 2. The van der Waals surface area contributed by atoms with Crippen LogP contribution in [0.3, 0.4) is 0 Å². The molecule has 136 valence electrons. The third kappa shape index (κ3) is 3.93. The predicted octanol–water partition coefficient (Wildman–Crippen LogP) is 1.59. The molecule has 1 aromatic heterocycles. The minimum absolute atomic E-state index is 0.120. The van der Waals surface area contributed by atoms with E-state index in [2.05, 4.69) is 15.3 Å². The Morgan fingerprint density at radius 2 is 1.85 bits per heavy atom. The van der Waals surface area contributed by atoms with Gasteiger partial charge in [-0.2, -0.15) is 0 Å². The van der Waals surface area contributed by atoms with Crippen LogP contribution in [0.4, 0.5) is 20.3 Å². The quantitative estimate of drug-likeness (QED) is 0.837. The monoisotopic (exact) mass is 361 g/mol. The van der Waals surface area contributed by atoms with Crippen molar-refractivity contribution in [1.82, 2.24) is 14.9 Å². The number of halogens is 2. The number of anilines is 2. The first-order valence-corrected chi connectivity index (χ1v) is 8.02. The van der Waals surface area contributed by atoms with Crippen LogP contribution in [0.25, 0.3) is 0 Å². The summed E-state index contributed by atoms with van der Waals surface area (Å²) in [6, 6.07) is 4.65. The van der Waals surface area contributed by atoms with Crippen LogP contribution in [-0.2, 0) is 4.79 Å². The van der Waals surface area contributed by atoms with E-state index >= 15 is 0 Å². The number of nitrogens with zero attached hydrogens (tertiary/aromatic N) is 4. The molecule has 2 heterocycles. The number of aryl methyl sites for hydroxylation is 1. The molecule has 2 aromatic rings. The molecule has 0 spiro atoms. The summed E-state index contributed by atoms with van der Waals surface area (Å²) in [5, 5.41) is 2.49. The van der Waals surface area contributed by atoms with Crippen molar-refractivity contribution in [3.63, 3.8) is 0 Å². The van der Waals surface area contributed by atoms with E-state index < -0.39 is 17.5 Å². The smallest absolute Gasteiger partial charge is 0.274 e. The molecule has 2 amide bonds. The zero-order valence-corrected chi connectivity index (χ0v) is 14.1. The summed E-state index contributed by atoms with van der Waals surface area (Å²) in [7, 11) is 0. The molecule has 1 fully saturated rings. The molecule has 0 atom stereocenters. The summed E-state index contributed by atoms with van der Waals surface area (Å²) in [5.41, 5.74) is 0.251. The van der Waals surface area contributed by atoms with Gasteiger partial charge in [-0.25, -0.2) is 18.7 Å². The van der Waals surface area contributed by atoms with Crippen molar-refractivity contribution in [2.45, 2.75) is 6.92 Å². The highest BCUT2D eigenvalue weighted by molar-refractivity contribution is 6.03. The van der Waals surface area contributed by atoms with Crippen molar-refractivity contribution in [1.29, 1.82) is 0 Å². The molecule has 26 heavy (non-hydrogen) atoms. The average Bonchev–Trinajstić information content (AvgIpc) is 2.64. The number of hydrogen-bond acceptors (Lipinski definition) is 5. The molecule has 0 saturated carbocycles. The molecular weight excluding hydrogens is 344 g/mol. The zero-order chi connectivity index (χ0) is 18.7. The number of rotatable bonds is 4. The van der Waals surface area contributed by atoms with Gasteiger partial charge in [-0.3, -0.25) is 9.59 Å². The first-order chi connectivity index (χ1) is 12.5. The molecule has 3 rings (SSSR count). The first kappa shape index (κ1) is 17.7. The van der Waals surface area contributed by atoms with Crippen LogP contribution < -0.4 is 10.2 Å². The van der Waals surface area contributed by atoms with E-state index in [4.69, 9.17) is 0 Å². The Morgan fingerprint density at radius 3 is 2.50 bits per heavy atom. The van der Waals surface area contributed by atoms with Crippen molar-refractivity contribution in [3.8, 4) is 0 Å². The highest BCUT2D eigenvalue weighted by atomic mass is 19.2. The van der Waals surface area contributed by atoms with E-state index in [1.807, 2.05) is 4.90 Å². The molecule has 1 aromatic carbocycles. The van der Waals surface area contributed by atoms with Gasteiger partial charge < -0.3 is 15.1 Å². The predicted molar refractivity (Wildman–Crippen MR) is 90.9 cm³/mol. The van der Waals surface area contributed by atoms with Gasteiger partial charge in [0.15, 0.2) is 11.6 Å². The van der Waals surface area contributed by atoms with Crippen LogP contribution in [0.2, 0.25) is 0 Å². The van der Waals surface area contributed by atoms with Crippen molar-refractivity contribution >= 4 is 23.8 Å². The lowest BCUT2D eigenvalue weighted by Crippen LogP contribution is -2.46. The van der Waals surface area contributed by atoms with Gasteiger partial charge in [0.25, 0.3) is 5.91 Å². The fraction of sp³-hybridized carbons (Fsp3) is 0.294. The largest absolute Gasteiger partial charge is 0.353 e. The number of benzene rings is 1. The number of aromatic nitrogens is 2. The molecule has 1 aliphatic heterocycles. The standard InChI is InChI=1S/C17H17F2N5O2/c1-11-20-15(17(26)22-12-2-3-13(18)14(19)8-12)9-16(21-11)24-6-4-23(10-25)5-7-24/h2-3,8-10H,4-7H2,1H3,(H,22,26). The van der Waals surface area contributed by atoms with E-state index in [1.165, 1.54) is 6.07 Å². The summed E-state index contributed by atoms with van der Waals surface area (Å²) in [4.78, 5) is 35.3. The molecule has 9 heteroatoms. The van der Waals surface area contributed by atoms with Gasteiger partial charge >= 0.3 is 0 Å². The number of carbonyl (C=O) groups is 2. The third-order valence-corrected chi connectivity index (χ3v) is 4.02. The van der Waals surface area contributed by atoms with Crippen LogP contribution in [0.15, 0.2) is 24.3 Å². The molecule has 1 saturated heterocycles. The SMILES string of the molecule is Cc1nc(C(=O)Nc2ccc(F)c(F)c2)cc(N2CCN(C=O)CC2)n1. The summed E-state index contributed by atoms with van der Waals surface area (Å²) >= 11 is 0. The highest BCUT2D eigenvalue weighted by Crippen LogP contribution is 2.17. The number of carbonyl (C=O) groups excluding carboxylic acids is 2. The summed E-state index contributed by atoms with van der Waals surface area (Å²) in [6.07, 6.45) is 0.809. The second kappa shape index (κ2) is 7.42. The number of hydrogen-bond donors (Lipinski definition) is 1. The molecule has 0 unspecified atom stereocenters. The van der Waals surface area contributed by atoms with Crippen LogP contribution in [0.1, 0.15) is 16.3 Å². The molecule has 1 N–H and O–H groups in total. The fourth-order valence-corrected chi connectivity index (χ4v) is 2.66. The van der Waals surface area contributed by atoms with Gasteiger partial charge in [0.2, 0.25) is 6.41 Å². The minimum atomic E-state index is -1.05. The number of piperazine rings is 1. The van der Waals surface area contributed by atoms with Crippen molar-refractivity contribution in [2.75, 3.05) is 36.4 Å². The summed E-state index contributed by atoms with van der Waals surface area (Å²) < 4.78 is 26.3. The lowest BCUT2D eigenvalue weighted by Gasteiger charge is -2.33. The van der Waals surface area contributed by atoms with Gasteiger partial charge in [0.05, 0.1) is 0 Å². The Hall–Kier alpha value is -3.10. The van der Waals surface area contributed by atoms with E-state index in [1.54, 1.807) is 17.9 Å². The van der Waals surface area contributed by atoms with Gasteiger partial charge in [0, 0.05) is 44.0 Å². The molecule has 0 bridgehead atoms. The maximum absolute atomic E-state index is 13.3. The van der Waals surface area contributed by atoms with Crippen molar-refractivity contribution in [3.05, 3.63) is 47.4 Å². The molecule has 0 radical (unpaired) electrons. The normalized spacial score (nSPS) is 14.3. The van der Waals surface area contributed by atoms with Crippen LogP contribution in [-0.4, -0.2) is 53.4 Å². The van der Waals surface area contributed by atoms with Gasteiger partial charge in [-0.05, 0) is 19.1 Å². The second-order valence-corrected chi connectivity index (χ2v) is 5.87. The number of nitrogens with one attached hydrogen (secondary N) is 1.